The SMILES string of the molecule is CCCNCc1ccnc(Oc2ccc(F)cc2C)c1. The molecule has 20 heavy (non-hydrogen) atoms. The van der Waals surface area contributed by atoms with Gasteiger partial charge in [-0.1, -0.05) is 6.92 Å². The minimum Gasteiger partial charge on any atom is -0.439 e. The summed E-state index contributed by atoms with van der Waals surface area (Å²) in [6.45, 7) is 5.71. The Balaban J connectivity index is 2.07. The minimum absolute atomic E-state index is 0.264. The van der Waals surface area contributed by atoms with Gasteiger partial charge in [-0.15, -0.1) is 0 Å². The lowest BCUT2D eigenvalue weighted by molar-refractivity contribution is 0.456. The molecule has 2 rings (SSSR count). The Morgan fingerprint density at radius 3 is 2.85 bits per heavy atom. The van der Waals surface area contributed by atoms with Crippen molar-refractivity contribution < 1.29 is 9.13 Å². The fourth-order valence-electron chi connectivity index (χ4n) is 1.87. The fourth-order valence-corrected chi connectivity index (χ4v) is 1.87. The molecule has 1 aromatic heterocycles. The number of benzene rings is 1. The van der Waals surface area contributed by atoms with Crippen LogP contribution in [0.3, 0.4) is 0 Å². The van der Waals surface area contributed by atoms with Crippen LogP contribution in [0.15, 0.2) is 36.5 Å². The van der Waals surface area contributed by atoms with Crippen molar-refractivity contribution in [1.29, 1.82) is 0 Å². The average Bonchev–Trinajstić information content (AvgIpc) is 2.43. The molecule has 1 aromatic carbocycles. The van der Waals surface area contributed by atoms with E-state index >= 15 is 0 Å². The van der Waals surface area contributed by atoms with E-state index in [9.17, 15) is 4.39 Å². The quantitative estimate of drug-likeness (QED) is 0.813. The smallest absolute Gasteiger partial charge is 0.219 e. The molecular formula is C16H19FN2O. The highest BCUT2D eigenvalue weighted by Crippen LogP contribution is 2.24. The number of nitrogens with one attached hydrogen (secondary N) is 1. The number of hydrogen-bond acceptors (Lipinski definition) is 3. The van der Waals surface area contributed by atoms with E-state index < -0.39 is 0 Å². The minimum atomic E-state index is -0.264. The first kappa shape index (κ1) is 14.5. The summed E-state index contributed by atoms with van der Waals surface area (Å²) in [7, 11) is 0. The number of pyridine rings is 1. The molecule has 1 N–H and O–H groups in total. The van der Waals surface area contributed by atoms with Crippen molar-refractivity contribution in [3.8, 4) is 11.6 Å². The van der Waals surface area contributed by atoms with Crippen LogP contribution >= 0.6 is 0 Å². The van der Waals surface area contributed by atoms with Gasteiger partial charge in [0.15, 0.2) is 0 Å². The second-order valence-electron chi connectivity index (χ2n) is 4.69. The highest BCUT2D eigenvalue weighted by atomic mass is 19.1. The standard InChI is InChI=1S/C16H19FN2O/c1-3-7-18-11-13-6-8-19-16(10-13)20-15-5-4-14(17)9-12(15)2/h4-6,8-10,18H,3,7,11H2,1-2H3. The van der Waals surface area contributed by atoms with E-state index in [0.717, 1.165) is 30.6 Å². The van der Waals surface area contributed by atoms with Gasteiger partial charge in [0.05, 0.1) is 0 Å². The molecule has 0 unspecified atom stereocenters. The van der Waals surface area contributed by atoms with Crippen LogP contribution in [0.2, 0.25) is 0 Å². The third kappa shape index (κ3) is 4.03. The molecule has 0 atom stereocenters. The van der Waals surface area contributed by atoms with Gasteiger partial charge in [-0.2, -0.15) is 0 Å². The first-order valence-corrected chi connectivity index (χ1v) is 6.78. The Bertz CT molecular complexity index is 572. The summed E-state index contributed by atoms with van der Waals surface area (Å²) in [6.07, 6.45) is 2.82. The van der Waals surface area contributed by atoms with Gasteiger partial charge in [-0.25, -0.2) is 9.37 Å². The zero-order valence-electron chi connectivity index (χ0n) is 11.8. The van der Waals surface area contributed by atoms with Gasteiger partial charge in [0.2, 0.25) is 5.88 Å². The summed E-state index contributed by atoms with van der Waals surface area (Å²) >= 11 is 0. The molecular weight excluding hydrogens is 255 g/mol. The maximum absolute atomic E-state index is 13.0. The number of nitrogens with zero attached hydrogens (tertiary/aromatic N) is 1. The second kappa shape index (κ2) is 7.01. The molecule has 4 heteroatoms. The second-order valence-corrected chi connectivity index (χ2v) is 4.69. The van der Waals surface area contributed by atoms with Crippen LogP contribution in [0.5, 0.6) is 11.6 Å². The number of aromatic nitrogens is 1. The van der Waals surface area contributed by atoms with Gasteiger partial charge in [-0.05, 0) is 55.3 Å². The van der Waals surface area contributed by atoms with Crippen LogP contribution in [-0.2, 0) is 6.54 Å². The molecule has 0 fully saturated rings. The predicted octanol–water partition coefficient (Wildman–Crippen LogP) is 3.82. The van der Waals surface area contributed by atoms with E-state index in [0.29, 0.717) is 11.6 Å². The molecule has 0 saturated carbocycles. The fraction of sp³-hybridized carbons (Fsp3) is 0.312. The number of aryl methyl sites for hydroxylation is 1. The van der Waals surface area contributed by atoms with Crippen molar-refractivity contribution in [3.05, 3.63) is 53.5 Å². The number of ether oxygens (including phenoxy) is 1. The zero-order chi connectivity index (χ0) is 14.4. The third-order valence-electron chi connectivity index (χ3n) is 2.91. The molecule has 0 radical (unpaired) electrons. The van der Waals surface area contributed by atoms with Gasteiger partial charge in [0.1, 0.15) is 11.6 Å². The Morgan fingerprint density at radius 2 is 2.10 bits per heavy atom. The molecule has 0 aliphatic heterocycles. The Kier molecular flexibility index (Phi) is 5.07. The maximum atomic E-state index is 13.0. The summed E-state index contributed by atoms with van der Waals surface area (Å²) < 4.78 is 18.7. The lowest BCUT2D eigenvalue weighted by atomic mass is 10.2. The summed E-state index contributed by atoms with van der Waals surface area (Å²) in [4.78, 5) is 4.18. The molecule has 0 amide bonds. The number of hydrogen-bond donors (Lipinski definition) is 1. The predicted molar refractivity (Wildman–Crippen MR) is 77.4 cm³/mol. The Labute approximate surface area is 118 Å². The van der Waals surface area contributed by atoms with E-state index in [1.807, 2.05) is 19.1 Å². The van der Waals surface area contributed by atoms with Crippen LogP contribution in [0.25, 0.3) is 0 Å². The summed E-state index contributed by atoms with van der Waals surface area (Å²) in [5.74, 6) is 0.883. The molecule has 106 valence electrons. The lowest BCUT2D eigenvalue weighted by Gasteiger charge is -2.09. The third-order valence-corrected chi connectivity index (χ3v) is 2.91. The van der Waals surface area contributed by atoms with Crippen molar-refractivity contribution in [2.45, 2.75) is 26.8 Å². The van der Waals surface area contributed by atoms with Crippen LogP contribution in [0.4, 0.5) is 4.39 Å². The first-order valence-electron chi connectivity index (χ1n) is 6.78. The van der Waals surface area contributed by atoms with Crippen molar-refractivity contribution in [1.82, 2.24) is 10.3 Å². The van der Waals surface area contributed by atoms with Crippen molar-refractivity contribution in [2.75, 3.05) is 6.54 Å². The van der Waals surface area contributed by atoms with Crippen molar-refractivity contribution in [3.63, 3.8) is 0 Å². The summed E-state index contributed by atoms with van der Waals surface area (Å²) in [5.41, 5.74) is 1.87. The molecule has 1 heterocycles. The maximum Gasteiger partial charge on any atom is 0.219 e. The van der Waals surface area contributed by atoms with E-state index in [4.69, 9.17) is 4.74 Å². The van der Waals surface area contributed by atoms with Crippen molar-refractivity contribution in [2.24, 2.45) is 0 Å². The highest BCUT2D eigenvalue weighted by molar-refractivity contribution is 5.36. The van der Waals surface area contributed by atoms with Crippen molar-refractivity contribution >= 4 is 0 Å². The Morgan fingerprint density at radius 1 is 1.25 bits per heavy atom. The van der Waals surface area contributed by atoms with Gasteiger partial charge in [-0.3, -0.25) is 0 Å². The van der Waals surface area contributed by atoms with Gasteiger partial charge >= 0.3 is 0 Å². The lowest BCUT2D eigenvalue weighted by Crippen LogP contribution is -2.13. The molecule has 3 nitrogen and oxygen atoms in total. The van der Waals surface area contributed by atoms with E-state index in [-0.39, 0.29) is 5.82 Å². The molecule has 0 bridgehead atoms. The molecule has 0 aliphatic carbocycles. The Hall–Kier alpha value is -1.94. The normalized spacial score (nSPS) is 10.6. The van der Waals surface area contributed by atoms with Crippen LogP contribution in [-0.4, -0.2) is 11.5 Å². The topological polar surface area (TPSA) is 34.2 Å². The first-order chi connectivity index (χ1) is 9.69. The average molecular weight is 274 g/mol. The molecule has 0 spiro atoms. The summed E-state index contributed by atoms with van der Waals surface area (Å²) in [5, 5.41) is 3.33. The molecule has 2 aromatic rings. The van der Waals surface area contributed by atoms with Crippen LogP contribution in [0, 0.1) is 12.7 Å². The highest BCUT2D eigenvalue weighted by Gasteiger charge is 2.04. The summed E-state index contributed by atoms with van der Waals surface area (Å²) in [6, 6.07) is 8.30. The van der Waals surface area contributed by atoms with E-state index in [1.165, 1.54) is 12.1 Å². The van der Waals surface area contributed by atoms with Gasteiger partial charge in [0.25, 0.3) is 0 Å². The van der Waals surface area contributed by atoms with E-state index in [1.54, 1.807) is 12.3 Å². The largest absolute Gasteiger partial charge is 0.439 e. The number of rotatable bonds is 6. The molecule has 0 saturated heterocycles. The van der Waals surface area contributed by atoms with Gasteiger partial charge in [0, 0.05) is 18.8 Å². The molecule has 0 aliphatic rings. The van der Waals surface area contributed by atoms with Crippen LogP contribution in [0.1, 0.15) is 24.5 Å². The number of halogens is 1. The monoisotopic (exact) mass is 274 g/mol. The van der Waals surface area contributed by atoms with E-state index in [2.05, 4.69) is 17.2 Å². The van der Waals surface area contributed by atoms with Crippen LogP contribution < -0.4 is 10.1 Å². The zero-order valence-corrected chi connectivity index (χ0v) is 11.8. The van der Waals surface area contributed by atoms with Gasteiger partial charge < -0.3 is 10.1 Å².